The minimum absolute atomic E-state index is 0.249. The van der Waals surface area contributed by atoms with E-state index in [9.17, 15) is 4.79 Å². The summed E-state index contributed by atoms with van der Waals surface area (Å²) in [4.78, 5) is 13.9. The molecule has 19 heavy (non-hydrogen) atoms. The molecular weight excluding hydrogens is 242 g/mol. The fraction of sp³-hybridized carbons (Fsp3) is 0.533. The van der Waals surface area contributed by atoms with E-state index >= 15 is 0 Å². The number of hydrogen-bond donors (Lipinski definition) is 0. The first-order valence-electron chi connectivity index (χ1n) is 6.40. The van der Waals surface area contributed by atoms with Crippen molar-refractivity contribution < 1.29 is 14.3 Å². The lowest BCUT2D eigenvalue weighted by molar-refractivity contribution is -0.148. The lowest BCUT2D eigenvalue weighted by atomic mass is 10.0. The molecule has 4 nitrogen and oxygen atoms in total. The fourth-order valence-electron chi connectivity index (χ4n) is 1.81. The van der Waals surface area contributed by atoms with E-state index in [4.69, 9.17) is 9.47 Å². The monoisotopic (exact) mass is 265 g/mol. The van der Waals surface area contributed by atoms with Crippen molar-refractivity contribution in [2.75, 3.05) is 25.7 Å². The molecule has 0 aliphatic rings. The molecule has 0 atom stereocenters. The highest BCUT2D eigenvalue weighted by Crippen LogP contribution is 2.33. The lowest BCUT2D eigenvalue weighted by Gasteiger charge is -2.35. The number of likely N-dealkylation sites (N-methyl/N-ethyl adjacent to an activating group) is 1. The zero-order chi connectivity index (χ0) is 14.6. The molecule has 106 valence electrons. The van der Waals surface area contributed by atoms with Gasteiger partial charge in [0.15, 0.2) is 0 Å². The molecule has 0 bridgehead atoms. The van der Waals surface area contributed by atoms with Gasteiger partial charge >= 0.3 is 5.97 Å². The predicted octanol–water partition coefficient (Wildman–Crippen LogP) is 2.78. The van der Waals surface area contributed by atoms with Crippen molar-refractivity contribution in [3.63, 3.8) is 0 Å². The first-order valence-corrected chi connectivity index (χ1v) is 6.40. The molecule has 0 spiro atoms. The van der Waals surface area contributed by atoms with Crippen LogP contribution in [0.3, 0.4) is 0 Å². The Kier molecular flexibility index (Phi) is 4.81. The van der Waals surface area contributed by atoms with Crippen LogP contribution < -0.4 is 9.64 Å². The average molecular weight is 265 g/mol. The van der Waals surface area contributed by atoms with E-state index in [2.05, 4.69) is 0 Å². The molecule has 0 amide bonds. The number of anilines is 1. The quantitative estimate of drug-likeness (QED) is 0.767. The maximum atomic E-state index is 12.1. The van der Waals surface area contributed by atoms with Gasteiger partial charge in [-0.15, -0.1) is 0 Å². The number of carbonyl (C=O) groups excluding carboxylic acids is 1. The van der Waals surface area contributed by atoms with Crippen molar-refractivity contribution in [1.29, 1.82) is 0 Å². The first-order chi connectivity index (χ1) is 8.84. The molecule has 0 unspecified atom stereocenters. The van der Waals surface area contributed by atoms with Crippen LogP contribution in [0.1, 0.15) is 26.3 Å². The first kappa shape index (κ1) is 15.3. The minimum atomic E-state index is -0.753. The van der Waals surface area contributed by atoms with E-state index in [1.54, 1.807) is 14.0 Å². The maximum Gasteiger partial charge on any atom is 0.331 e. The summed E-state index contributed by atoms with van der Waals surface area (Å²) in [6, 6.07) is 5.88. The Labute approximate surface area is 115 Å². The summed E-state index contributed by atoms with van der Waals surface area (Å²) in [6.07, 6.45) is 0. The normalized spacial score (nSPS) is 11.1. The zero-order valence-corrected chi connectivity index (χ0v) is 12.6. The van der Waals surface area contributed by atoms with Crippen molar-refractivity contribution in [3.05, 3.63) is 23.8 Å². The van der Waals surface area contributed by atoms with Gasteiger partial charge in [-0.05, 0) is 45.4 Å². The Bertz CT molecular complexity index is 455. The molecule has 0 aliphatic carbocycles. The van der Waals surface area contributed by atoms with E-state index in [0.29, 0.717) is 6.61 Å². The Morgan fingerprint density at radius 3 is 2.53 bits per heavy atom. The number of hydrogen-bond acceptors (Lipinski definition) is 4. The second kappa shape index (κ2) is 5.95. The van der Waals surface area contributed by atoms with Crippen LogP contribution in [0.25, 0.3) is 0 Å². The fourth-order valence-corrected chi connectivity index (χ4v) is 1.81. The molecule has 0 aliphatic heterocycles. The highest BCUT2D eigenvalue weighted by atomic mass is 16.5. The number of benzene rings is 1. The second-order valence-electron chi connectivity index (χ2n) is 5.01. The Morgan fingerprint density at radius 1 is 1.37 bits per heavy atom. The topological polar surface area (TPSA) is 38.8 Å². The summed E-state index contributed by atoms with van der Waals surface area (Å²) in [7, 11) is 3.49. The van der Waals surface area contributed by atoms with Crippen LogP contribution >= 0.6 is 0 Å². The number of carbonyl (C=O) groups is 1. The number of rotatable bonds is 5. The molecule has 0 saturated heterocycles. The van der Waals surface area contributed by atoms with Crippen molar-refractivity contribution in [2.45, 2.75) is 33.2 Å². The van der Waals surface area contributed by atoms with Crippen LogP contribution in [-0.4, -0.2) is 32.3 Å². The van der Waals surface area contributed by atoms with Crippen molar-refractivity contribution >= 4 is 11.7 Å². The zero-order valence-electron chi connectivity index (χ0n) is 12.6. The summed E-state index contributed by atoms with van der Waals surface area (Å²) < 4.78 is 10.5. The number of ether oxygens (including phenoxy) is 2. The molecule has 0 saturated carbocycles. The van der Waals surface area contributed by atoms with Gasteiger partial charge in [0.05, 0.1) is 19.4 Å². The van der Waals surface area contributed by atoms with Crippen LogP contribution in [0.5, 0.6) is 5.75 Å². The van der Waals surface area contributed by atoms with E-state index in [0.717, 1.165) is 17.0 Å². The van der Waals surface area contributed by atoms with Crippen LogP contribution in [0.4, 0.5) is 5.69 Å². The molecule has 0 radical (unpaired) electrons. The molecule has 0 heterocycles. The van der Waals surface area contributed by atoms with Gasteiger partial charge in [-0.2, -0.15) is 0 Å². The number of methoxy groups -OCH3 is 1. The lowest BCUT2D eigenvalue weighted by Crippen LogP contribution is -2.49. The Hall–Kier alpha value is -1.71. The van der Waals surface area contributed by atoms with Gasteiger partial charge in [-0.25, -0.2) is 4.79 Å². The molecule has 0 N–H and O–H groups in total. The van der Waals surface area contributed by atoms with Crippen molar-refractivity contribution in [2.24, 2.45) is 0 Å². The standard InChI is InChI=1S/C15H23NO3/c1-7-19-14(17)15(3,4)16(5)12-10-11(2)8-9-13(12)18-6/h8-10H,7H2,1-6H3. The molecule has 0 fully saturated rings. The van der Waals surface area contributed by atoms with Crippen molar-refractivity contribution in [3.8, 4) is 5.75 Å². The third-order valence-electron chi connectivity index (χ3n) is 3.31. The Morgan fingerprint density at radius 2 is 2.00 bits per heavy atom. The van der Waals surface area contributed by atoms with E-state index in [-0.39, 0.29) is 5.97 Å². The highest BCUT2D eigenvalue weighted by molar-refractivity contribution is 5.85. The summed E-state index contributed by atoms with van der Waals surface area (Å²) in [6.45, 7) is 7.87. The second-order valence-corrected chi connectivity index (χ2v) is 5.01. The molecule has 4 heteroatoms. The summed E-state index contributed by atoms with van der Waals surface area (Å²) in [5, 5.41) is 0. The Balaban J connectivity index is 3.14. The van der Waals surface area contributed by atoms with Gasteiger partial charge in [0.2, 0.25) is 0 Å². The van der Waals surface area contributed by atoms with E-state index in [1.165, 1.54) is 0 Å². The van der Waals surface area contributed by atoms with Crippen LogP contribution in [0.2, 0.25) is 0 Å². The van der Waals surface area contributed by atoms with Crippen LogP contribution in [0, 0.1) is 6.92 Å². The van der Waals surface area contributed by atoms with Gasteiger partial charge in [-0.1, -0.05) is 6.07 Å². The van der Waals surface area contributed by atoms with Crippen molar-refractivity contribution in [1.82, 2.24) is 0 Å². The molecule has 0 aromatic heterocycles. The van der Waals surface area contributed by atoms with E-state index in [1.807, 2.05) is 50.9 Å². The van der Waals surface area contributed by atoms with Gasteiger partial charge in [0.25, 0.3) is 0 Å². The largest absolute Gasteiger partial charge is 0.495 e. The summed E-state index contributed by atoms with van der Waals surface area (Å²) in [5.74, 6) is 0.492. The van der Waals surface area contributed by atoms with Gasteiger partial charge < -0.3 is 14.4 Å². The predicted molar refractivity (Wildman–Crippen MR) is 76.8 cm³/mol. The molecule has 1 aromatic rings. The third kappa shape index (κ3) is 3.19. The van der Waals surface area contributed by atoms with Gasteiger partial charge in [-0.3, -0.25) is 0 Å². The summed E-state index contributed by atoms with van der Waals surface area (Å²) >= 11 is 0. The van der Waals surface area contributed by atoms with Crippen LogP contribution in [-0.2, 0) is 9.53 Å². The maximum absolute atomic E-state index is 12.1. The third-order valence-corrected chi connectivity index (χ3v) is 3.31. The molecule has 1 rings (SSSR count). The van der Waals surface area contributed by atoms with Gasteiger partial charge in [0.1, 0.15) is 11.3 Å². The minimum Gasteiger partial charge on any atom is -0.495 e. The number of aryl methyl sites for hydroxylation is 1. The molecular formula is C15H23NO3. The summed E-state index contributed by atoms with van der Waals surface area (Å²) in [5.41, 5.74) is 1.24. The molecule has 1 aromatic carbocycles. The smallest absolute Gasteiger partial charge is 0.331 e. The average Bonchev–Trinajstić information content (AvgIpc) is 2.38. The number of nitrogens with zero attached hydrogens (tertiary/aromatic N) is 1. The SMILES string of the molecule is CCOC(=O)C(C)(C)N(C)c1cc(C)ccc1OC. The number of esters is 1. The van der Waals surface area contributed by atoms with E-state index < -0.39 is 5.54 Å². The van der Waals surface area contributed by atoms with Gasteiger partial charge in [0, 0.05) is 7.05 Å². The van der Waals surface area contributed by atoms with Crippen LogP contribution in [0.15, 0.2) is 18.2 Å². The highest BCUT2D eigenvalue weighted by Gasteiger charge is 2.35.